The zero-order chi connectivity index (χ0) is 9.84. The third-order valence-corrected chi connectivity index (χ3v) is 1.55. The van der Waals surface area contributed by atoms with E-state index in [9.17, 15) is 0 Å². The van der Waals surface area contributed by atoms with Gasteiger partial charge < -0.3 is 15.4 Å². The summed E-state index contributed by atoms with van der Waals surface area (Å²) < 4.78 is 0. The van der Waals surface area contributed by atoms with Crippen molar-refractivity contribution >= 4 is 12.9 Å². The van der Waals surface area contributed by atoms with Gasteiger partial charge in [0.15, 0.2) is 0 Å². The van der Waals surface area contributed by atoms with Crippen molar-refractivity contribution in [1.82, 2.24) is 4.98 Å². The lowest BCUT2D eigenvalue weighted by molar-refractivity contribution is 0.281. The van der Waals surface area contributed by atoms with E-state index in [0.717, 1.165) is 11.3 Å². The summed E-state index contributed by atoms with van der Waals surface area (Å²) in [6.07, 6.45) is 0. The Bertz CT molecular complexity index is 291. The highest BCUT2D eigenvalue weighted by Crippen LogP contribution is 2.09. The number of nitrogens with one attached hydrogen (secondary N) is 1. The van der Waals surface area contributed by atoms with Gasteiger partial charge in [0.1, 0.15) is 5.82 Å². The van der Waals surface area contributed by atoms with E-state index in [-0.39, 0.29) is 6.61 Å². The van der Waals surface area contributed by atoms with Crippen molar-refractivity contribution < 1.29 is 10.1 Å². The first-order valence-corrected chi connectivity index (χ1v) is 4.15. The van der Waals surface area contributed by atoms with Crippen molar-refractivity contribution in [1.29, 1.82) is 0 Å². The maximum Gasteiger partial charge on any atom is 0.408 e. The molecule has 1 aromatic rings. The minimum Gasteiger partial charge on any atom is -0.433 e. The van der Waals surface area contributed by atoms with E-state index >= 15 is 0 Å². The highest BCUT2D eigenvalue weighted by Gasteiger charge is 2.05. The number of rotatable bonds is 3. The minimum absolute atomic E-state index is 0.0160. The van der Waals surface area contributed by atoms with Crippen LogP contribution in [0, 0.1) is 6.92 Å². The van der Waals surface area contributed by atoms with Crippen LogP contribution in [0.25, 0.3) is 0 Å². The van der Waals surface area contributed by atoms with E-state index in [1.165, 1.54) is 0 Å². The van der Waals surface area contributed by atoms with Gasteiger partial charge in [-0.25, -0.2) is 4.98 Å². The Hall–Kier alpha value is -1.07. The normalized spacial score (nSPS) is 9.85. The van der Waals surface area contributed by atoms with Crippen molar-refractivity contribution in [2.24, 2.45) is 0 Å². The Morgan fingerprint density at radius 1 is 1.54 bits per heavy atom. The molecule has 0 radical (unpaired) electrons. The van der Waals surface area contributed by atoms with Crippen molar-refractivity contribution in [2.75, 3.05) is 5.23 Å². The van der Waals surface area contributed by atoms with Gasteiger partial charge in [0.2, 0.25) is 0 Å². The van der Waals surface area contributed by atoms with Crippen molar-refractivity contribution in [2.45, 2.75) is 20.4 Å². The van der Waals surface area contributed by atoms with Crippen LogP contribution in [0.3, 0.4) is 0 Å². The van der Waals surface area contributed by atoms with Gasteiger partial charge in [0, 0.05) is 5.69 Å². The number of aliphatic hydroxyl groups is 1. The number of aromatic nitrogens is 1. The SMILES string of the molecule is CB(O)Nc1cc(CO)cc(C)n1. The lowest BCUT2D eigenvalue weighted by atomic mass is 9.89. The third kappa shape index (κ3) is 3.04. The van der Waals surface area contributed by atoms with Crippen LogP contribution >= 0.6 is 0 Å². The second kappa shape index (κ2) is 4.25. The molecule has 0 aliphatic carbocycles. The van der Waals surface area contributed by atoms with E-state index in [0.29, 0.717) is 5.82 Å². The van der Waals surface area contributed by atoms with E-state index in [4.69, 9.17) is 10.1 Å². The molecule has 5 heteroatoms. The third-order valence-electron chi connectivity index (χ3n) is 1.55. The first kappa shape index (κ1) is 10.0. The molecule has 0 fully saturated rings. The monoisotopic (exact) mass is 180 g/mol. The van der Waals surface area contributed by atoms with Crippen LogP contribution < -0.4 is 5.23 Å². The molecule has 13 heavy (non-hydrogen) atoms. The molecule has 1 aromatic heterocycles. The number of nitrogens with zero attached hydrogens (tertiary/aromatic N) is 1. The number of anilines is 1. The molecule has 0 unspecified atom stereocenters. The van der Waals surface area contributed by atoms with Crippen LogP contribution in [-0.4, -0.2) is 22.2 Å². The van der Waals surface area contributed by atoms with Gasteiger partial charge in [-0.3, -0.25) is 0 Å². The van der Waals surface area contributed by atoms with Gasteiger partial charge >= 0.3 is 7.05 Å². The predicted molar refractivity (Wildman–Crippen MR) is 52.4 cm³/mol. The summed E-state index contributed by atoms with van der Waals surface area (Å²) in [4.78, 5) is 4.14. The van der Waals surface area contributed by atoms with Crippen molar-refractivity contribution in [3.63, 3.8) is 0 Å². The fourth-order valence-electron chi connectivity index (χ4n) is 1.12. The highest BCUT2D eigenvalue weighted by molar-refractivity contribution is 6.52. The number of aryl methyl sites for hydroxylation is 1. The summed E-state index contributed by atoms with van der Waals surface area (Å²) in [5.41, 5.74) is 1.60. The Balaban J connectivity index is 2.88. The smallest absolute Gasteiger partial charge is 0.408 e. The van der Waals surface area contributed by atoms with Crippen LogP contribution in [0.1, 0.15) is 11.3 Å². The average Bonchev–Trinajstić information content (AvgIpc) is 2.01. The largest absolute Gasteiger partial charge is 0.433 e. The molecule has 0 amide bonds. The minimum atomic E-state index is -0.638. The van der Waals surface area contributed by atoms with Gasteiger partial charge in [-0.05, 0) is 31.4 Å². The average molecular weight is 180 g/mol. The maximum atomic E-state index is 9.05. The van der Waals surface area contributed by atoms with E-state index in [2.05, 4.69) is 10.2 Å². The van der Waals surface area contributed by atoms with Crippen LogP contribution in [0.15, 0.2) is 12.1 Å². The summed E-state index contributed by atoms with van der Waals surface area (Å²) in [6.45, 7) is 3.44. The lowest BCUT2D eigenvalue weighted by Gasteiger charge is -2.07. The van der Waals surface area contributed by atoms with Gasteiger partial charge in [0.25, 0.3) is 0 Å². The van der Waals surface area contributed by atoms with Crippen molar-refractivity contribution in [3.8, 4) is 0 Å². The molecule has 0 bridgehead atoms. The maximum absolute atomic E-state index is 9.05. The molecule has 3 N–H and O–H groups in total. The molecule has 0 atom stereocenters. The zero-order valence-electron chi connectivity index (χ0n) is 7.78. The number of aliphatic hydroxyl groups excluding tert-OH is 1. The molecule has 0 saturated heterocycles. The van der Waals surface area contributed by atoms with Crippen molar-refractivity contribution in [3.05, 3.63) is 23.4 Å². The second-order valence-electron chi connectivity index (χ2n) is 2.98. The highest BCUT2D eigenvalue weighted by atomic mass is 16.3. The molecule has 0 spiro atoms. The molecule has 1 heterocycles. The fourth-order valence-corrected chi connectivity index (χ4v) is 1.12. The number of hydrogen-bond donors (Lipinski definition) is 3. The second-order valence-corrected chi connectivity index (χ2v) is 2.98. The lowest BCUT2D eigenvalue weighted by Crippen LogP contribution is -2.20. The van der Waals surface area contributed by atoms with Crippen LogP contribution in [-0.2, 0) is 6.61 Å². The van der Waals surface area contributed by atoms with Crippen LogP contribution in [0.5, 0.6) is 0 Å². The molecule has 70 valence electrons. The zero-order valence-corrected chi connectivity index (χ0v) is 7.78. The van der Waals surface area contributed by atoms with Gasteiger partial charge in [-0.2, -0.15) is 0 Å². The molecule has 0 saturated carbocycles. The van der Waals surface area contributed by atoms with Gasteiger partial charge in [-0.15, -0.1) is 0 Å². The molecule has 0 aromatic carbocycles. The summed E-state index contributed by atoms with van der Waals surface area (Å²) in [5.74, 6) is 0.582. The Morgan fingerprint density at radius 3 is 2.77 bits per heavy atom. The topological polar surface area (TPSA) is 65.4 Å². The Morgan fingerprint density at radius 2 is 2.23 bits per heavy atom. The number of hydrogen-bond acceptors (Lipinski definition) is 4. The quantitative estimate of drug-likeness (QED) is 0.589. The number of pyridine rings is 1. The summed E-state index contributed by atoms with van der Waals surface area (Å²) in [5, 5.41) is 20.7. The van der Waals surface area contributed by atoms with E-state index in [1.54, 1.807) is 19.0 Å². The fraction of sp³-hybridized carbons (Fsp3) is 0.375. The van der Waals surface area contributed by atoms with E-state index < -0.39 is 7.05 Å². The molecular weight excluding hydrogens is 167 g/mol. The molecule has 4 nitrogen and oxygen atoms in total. The van der Waals surface area contributed by atoms with Crippen LogP contribution in [0.4, 0.5) is 5.82 Å². The molecular formula is C8H13BN2O2. The molecule has 0 aliphatic heterocycles. The Kier molecular flexibility index (Phi) is 3.28. The van der Waals surface area contributed by atoms with Crippen LogP contribution in [0.2, 0.25) is 6.82 Å². The summed E-state index contributed by atoms with van der Waals surface area (Å²) in [6, 6.07) is 3.51. The first-order valence-electron chi connectivity index (χ1n) is 4.15. The molecule has 0 aliphatic rings. The first-order chi connectivity index (χ1) is 6.11. The van der Waals surface area contributed by atoms with Gasteiger partial charge in [-0.1, -0.05) is 0 Å². The summed E-state index contributed by atoms with van der Waals surface area (Å²) in [7, 11) is -0.638. The predicted octanol–water partition coefficient (Wildman–Crippen LogP) is 0.405. The van der Waals surface area contributed by atoms with E-state index in [1.807, 2.05) is 6.92 Å². The summed E-state index contributed by atoms with van der Waals surface area (Å²) >= 11 is 0. The Labute approximate surface area is 77.8 Å². The standard InChI is InChI=1S/C8H13BN2O2/c1-6-3-7(5-12)4-8(10-6)11-9(2)13/h3-4,12-13H,5H2,1-2H3,(H,10,11). The van der Waals surface area contributed by atoms with Gasteiger partial charge in [0.05, 0.1) is 6.61 Å². The molecule has 1 rings (SSSR count).